The normalized spacial score (nSPS) is 10.6. The van der Waals surface area contributed by atoms with E-state index in [0.29, 0.717) is 24.1 Å². The summed E-state index contributed by atoms with van der Waals surface area (Å²) in [6.07, 6.45) is 2.70. The maximum Gasteiger partial charge on any atom is 0.320 e. The van der Waals surface area contributed by atoms with Crippen molar-refractivity contribution in [2.45, 2.75) is 20.0 Å². The lowest BCUT2D eigenvalue weighted by molar-refractivity contribution is -0.121. The van der Waals surface area contributed by atoms with Gasteiger partial charge in [-0.3, -0.25) is 23.5 Å². The molecule has 1 aromatic heterocycles. The van der Waals surface area contributed by atoms with E-state index >= 15 is 0 Å². The van der Waals surface area contributed by atoms with Gasteiger partial charge in [-0.2, -0.15) is 0 Å². The zero-order valence-corrected chi connectivity index (χ0v) is 16.1. The maximum atomic E-state index is 13.6. The van der Waals surface area contributed by atoms with Crippen LogP contribution in [0.5, 0.6) is 5.75 Å². The first-order chi connectivity index (χ1) is 14.4. The molecular formula is C21H19F2N3O4. The number of ether oxygens (including phenoxy) is 1. The van der Waals surface area contributed by atoms with E-state index in [0.717, 1.165) is 10.6 Å². The van der Waals surface area contributed by atoms with Gasteiger partial charge in [-0.1, -0.05) is 6.07 Å². The van der Waals surface area contributed by atoms with Crippen LogP contribution in [-0.4, -0.2) is 21.6 Å². The fourth-order valence-electron chi connectivity index (χ4n) is 2.78. The standard InChI is InChI=1S/C21H19F2N3O4/c1-2-30-17-7-5-16(6-8-17)26-10-9-25(20(28)21(26)29)13-19(27)24-12-14-3-4-15(22)11-18(14)23/h3-11H,2,12-13H2,1H3,(H,24,27). The molecule has 2 aromatic carbocycles. The molecule has 0 aliphatic heterocycles. The Kier molecular flexibility index (Phi) is 6.41. The van der Waals surface area contributed by atoms with Crippen LogP contribution in [-0.2, 0) is 17.9 Å². The molecule has 30 heavy (non-hydrogen) atoms. The van der Waals surface area contributed by atoms with E-state index in [-0.39, 0.29) is 12.1 Å². The molecule has 1 N–H and O–H groups in total. The summed E-state index contributed by atoms with van der Waals surface area (Å²) >= 11 is 0. The third-order valence-electron chi connectivity index (χ3n) is 4.29. The average Bonchev–Trinajstić information content (AvgIpc) is 2.72. The minimum absolute atomic E-state index is 0.100. The monoisotopic (exact) mass is 415 g/mol. The summed E-state index contributed by atoms with van der Waals surface area (Å²) in [7, 11) is 0. The Morgan fingerprint density at radius 3 is 2.43 bits per heavy atom. The lowest BCUT2D eigenvalue weighted by Gasteiger charge is -2.10. The van der Waals surface area contributed by atoms with Gasteiger partial charge in [0.25, 0.3) is 0 Å². The van der Waals surface area contributed by atoms with Gasteiger partial charge in [0.2, 0.25) is 5.91 Å². The molecule has 0 radical (unpaired) electrons. The van der Waals surface area contributed by atoms with E-state index in [1.54, 1.807) is 24.3 Å². The molecule has 9 heteroatoms. The fourth-order valence-corrected chi connectivity index (χ4v) is 2.78. The number of carbonyl (C=O) groups excluding carboxylic acids is 1. The van der Waals surface area contributed by atoms with Crippen molar-refractivity contribution < 1.29 is 18.3 Å². The lowest BCUT2D eigenvalue weighted by Crippen LogP contribution is -2.42. The predicted octanol–water partition coefficient (Wildman–Crippen LogP) is 1.99. The van der Waals surface area contributed by atoms with Crippen LogP contribution in [0.25, 0.3) is 5.69 Å². The summed E-state index contributed by atoms with van der Waals surface area (Å²) in [5.74, 6) is -1.47. The van der Waals surface area contributed by atoms with Gasteiger partial charge in [-0.25, -0.2) is 8.78 Å². The average molecular weight is 415 g/mol. The summed E-state index contributed by atoms with van der Waals surface area (Å²) in [4.78, 5) is 36.9. The van der Waals surface area contributed by atoms with Crippen LogP contribution in [0.4, 0.5) is 8.78 Å². The largest absolute Gasteiger partial charge is 0.494 e. The molecule has 156 valence electrons. The topological polar surface area (TPSA) is 82.3 Å². The number of aromatic nitrogens is 2. The van der Waals surface area contributed by atoms with Gasteiger partial charge in [0.15, 0.2) is 0 Å². The highest BCUT2D eigenvalue weighted by Crippen LogP contribution is 2.14. The summed E-state index contributed by atoms with van der Waals surface area (Å²) in [5.41, 5.74) is -1.12. The van der Waals surface area contributed by atoms with Crippen LogP contribution in [0.1, 0.15) is 12.5 Å². The van der Waals surface area contributed by atoms with Crippen LogP contribution in [0.15, 0.2) is 64.4 Å². The molecule has 0 aliphatic carbocycles. The number of hydrogen-bond donors (Lipinski definition) is 1. The molecule has 0 aliphatic rings. The van der Waals surface area contributed by atoms with Crippen molar-refractivity contribution >= 4 is 5.91 Å². The van der Waals surface area contributed by atoms with Crippen molar-refractivity contribution in [2.75, 3.05) is 6.61 Å². The van der Waals surface area contributed by atoms with E-state index in [1.165, 1.54) is 23.0 Å². The Labute approximate surface area is 170 Å². The zero-order chi connectivity index (χ0) is 21.7. The summed E-state index contributed by atoms with van der Waals surface area (Å²) in [5, 5.41) is 2.44. The summed E-state index contributed by atoms with van der Waals surface area (Å²) in [6.45, 7) is 1.76. The van der Waals surface area contributed by atoms with E-state index in [9.17, 15) is 23.2 Å². The van der Waals surface area contributed by atoms with E-state index in [1.807, 2.05) is 6.92 Å². The van der Waals surface area contributed by atoms with Crippen LogP contribution in [0, 0.1) is 11.6 Å². The van der Waals surface area contributed by atoms with E-state index < -0.39 is 35.2 Å². The zero-order valence-electron chi connectivity index (χ0n) is 16.1. The van der Waals surface area contributed by atoms with Gasteiger partial charge < -0.3 is 10.1 Å². The second kappa shape index (κ2) is 9.17. The molecule has 0 bridgehead atoms. The van der Waals surface area contributed by atoms with E-state index in [2.05, 4.69) is 5.32 Å². The third kappa shape index (κ3) is 4.80. The first-order valence-electron chi connectivity index (χ1n) is 9.15. The number of amides is 1. The molecule has 0 unspecified atom stereocenters. The quantitative estimate of drug-likeness (QED) is 0.599. The molecule has 1 heterocycles. The maximum absolute atomic E-state index is 13.6. The SMILES string of the molecule is CCOc1ccc(-n2ccn(CC(=O)NCc3ccc(F)cc3F)c(=O)c2=O)cc1. The summed E-state index contributed by atoms with van der Waals surface area (Å²) < 4.78 is 34.0. The fraction of sp³-hybridized carbons (Fsp3) is 0.190. The van der Waals surface area contributed by atoms with Gasteiger partial charge in [0.05, 0.1) is 6.61 Å². The Morgan fingerprint density at radius 2 is 1.77 bits per heavy atom. The predicted molar refractivity (Wildman–Crippen MR) is 106 cm³/mol. The molecule has 0 saturated carbocycles. The molecule has 1 amide bonds. The minimum atomic E-state index is -0.880. The first-order valence-corrected chi connectivity index (χ1v) is 9.15. The number of halogens is 2. The van der Waals surface area contributed by atoms with Gasteiger partial charge in [0, 0.05) is 36.3 Å². The Bertz CT molecular complexity index is 1170. The highest BCUT2D eigenvalue weighted by Gasteiger charge is 2.11. The van der Waals surface area contributed by atoms with Crippen molar-refractivity contribution in [1.29, 1.82) is 0 Å². The van der Waals surface area contributed by atoms with Gasteiger partial charge in [0.1, 0.15) is 23.9 Å². The lowest BCUT2D eigenvalue weighted by atomic mass is 10.2. The highest BCUT2D eigenvalue weighted by atomic mass is 19.1. The Morgan fingerprint density at radius 1 is 1.03 bits per heavy atom. The number of hydrogen-bond acceptors (Lipinski definition) is 4. The number of carbonyl (C=O) groups is 1. The number of benzene rings is 2. The van der Waals surface area contributed by atoms with E-state index in [4.69, 9.17) is 4.74 Å². The summed E-state index contributed by atoms with van der Waals surface area (Å²) in [6, 6.07) is 9.65. The smallest absolute Gasteiger partial charge is 0.320 e. The van der Waals surface area contributed by atoms with Gasteiger partial charge in [-0.15, -0.1) is 0 Å². The van der Waals surface area contributed by atoms with Crippen molar-refractivity contribution in [1.82, 2.24) is 14.5 Å². The first kappa shape index (κ1) is 21.0. The number of rotatable bonds is 7. The van der Waals surface area contributed by atoms with Crippen LogP contribution in [0.3, 0.4) is 0 Å². The third-order valence-corrected chi connectivity index (χ3v) is 4.29. The number of nitrogens with zero attached hydrogens (tertiary/aromatic N) is 2. The van der Waals surface area contributed by atoms with Crippen molar-refractivity contribution in [3.05, 3.63) is 92.8 Å². The molecule has 0 fully saturated rings. The molecule has 0 saturated heterocycles. The molecular weight excluding hydrogens is 396 g/mol. The van der Waals surface area contributed by atoms with Gasteiger partial charge in [-0.05, 0) is 37.3 Å². The van der Waals surface area contributed by atoms with Crippen molar-refractivity contribution in [3.63, 3.8) is 0 Å². The Balaban J connectivity index is 1.71. The van der Waals surface area contributed by atoms with Gasteiger partial charge >= 0.3 is 11.1 Å². The molecule has 3 rings (SSSR count). The number of nitrogens with one attached hydrogen (secondary N) is 1. The van der Waals surface area contributed by atoms with Crippen LogP contribution >= 0.6 is 0 Å². The van der Waals surface area contributed by atoms with Crippen molar-refractivity contribution in [3.8, 4) is 11.4 Å². The van der Waals surface area contributed by atoms with Crippen molar-refractivity contribution in [2.24, 2.45) is 0 Å². The minimum Gasteiger partial charge on any atom is -0.494 e. The van der Waals surface area contributed by atoms with Crippen LogP contribution in [0.2, 0.25) is 0 Å². The second-order valence-corrected chi connectivity index (χ2v) is 6.35. The molecule has 0 atom stereocenters. The molecule has 0 spiro atoms. The second-order valence-electron chi connectivity index (χ2n) is 6.35. The molecule has 3 aromatic rings. The van der Waals surface area contributed by atoms with Crippen LogP contribution < -0.4 is 21.2 Å². The highest BCUT2D eigenvalue weighted by molar-refractivity contribution is 5.75. The molecule has 7 nitrogen and oxygen atoms in total. The Hall–Kier alpha value is -3.75.